The van der Waals surface area contributed by atoms with E-state index in [1.807, 2.05) is 13.8 Å². The first kappa shape index (κ1) is 18.7. The van der Waals surface area contributed by atoms with Gasteiger partial charge in [-0.15, -0.1) is 0 Å². The van der Waals surface area contributed by atoms with Gasteiger partial charge in [0.15, 0.2) is 0 Å². The van der Waals surface area contributed by atoms with Crippen LogP contribution in [0, 0.1) is 5.92 Å². The molecular weight excluding hydrogens is 222 g/mol. The van der Waals surface area contributed by atoms with Gasteiger partial charge >= 0.3 is 5.97 Å². The topological polar surface area (TPSA) is 78.8 Å². The fourth-order valence-corrected chi connectivity index (χ4v) is 1.12. The molecule has 0 aliphatic heterocycles. The summed E-state index contributed by atoms with van der Waals surface area (Å²) in [6.45, 7) is 10.1. The average Bonchev–Trinajstić information content (AvgIpc) is 2.18. The van der Waals surface area contributed by atoms with Crippen LogP contribution in [0.15, 0.2) is 0 Å². The highest BCUT2D eigenvalue weighted by Gasteiger charge is 2.22. The van der Waals surface area contributed by atoms with E-state index in [2.05, 4.69) is 5.32 Å². The molecule has 0 aliphatic carbocycles. The first-order valence-electron chi connectivity index (χ1n) is 6.09. The number of aliphatic hydroxyl groups excluding tert-OH is 2. The second kappa shape index (κ2) is 11.8. The number of ether oxygens (including phenoxy) is 1. The van der Waals surface area contributed by atoms with E-state index in [0.717, 1.165) is 0 Å². The zero-order valence-corrected chi connectivity index (χ0v) is 11.6. The van der Waals surface area contributed by atoms with Gasteiger partial charge in [-0.3, -0.25) is 4.79 Å². The molecule has 17 heavy (non-hydrogen) atoms. The van der Waals surface area contributed by atoms with Gasteiger partial charge in [0.2, 0.25) is 0 Å². The third kappa shape index (κ3) is 11.6. The lowest BCUT2D eigenvalue weighted by Crippen LogP contribution is -2.44. The predicted octanol–water partition coefficient (Wildman–Crippen LogP) is 0.543. The molecule has 0 bridgehead atoms. The van der Waals surface area contributed by atoms with E-state index in [9.17, 15) is 4.79 Å². The summed E-state index contributed by atoms with van der Waals surface area (Å²) in [5.41, 5.74) is 0. The van der Waals surface area contributed by atoms with E-state index in [-0.39, 0.29) is 24.5 Å². The minimum atomic E-state index is -0.453. The molecule has 0 saturated carbocycles. The molecule has 0 radical (unpaired) electrons. The standard InChI is InChI=1S/C10H21NO3.C2H6O/c1-5-14-10(13)9(7(2)3)11-6-8(4)12;1-2-3/h7-9,11-12H,5-6H2,1-4H3;3H,2H2,1H3. The van der Waals surface area contributed by atoms with Crippen molar-refractivity contribution < 1.29 is 19.7 Å². The first-order chi connectivity index (χ1) is 7.90. The molecule has 2 unspecified atom stereocenters. The van der Waals surface area contributed by atoms with Crippen LogP contribution in [-0.4, -0.2) is 48.1 Å². The summed E-state index contributed by atoms with van der Waals surface area (Å²) in [4.78, 5) is 11.4. The fraction of sp³-hybridized carbons (Fsp3) is 0.917. The predicted molar refractivity (Wildman–Crippen MR) is 67.7 cm³/mol. The highest BCUT2D eigenvalue weighted by molar-refractivity contribution is 5.76. The Hall–Kier alpha value is -0.650. The van der Waals surface area contributed by atoms with E-state index >= 15 is 0 Å². The minimum Gasteiger partial charge on any atom is -0.465 e. The number of rotatable bonds is 6. The summed E-state index contributed by atoms with van der Waals surface area (Å²) in [6.07, 6.45) is -0.453. The van der Waals surface area contributed by atoms with E-state index in [1.54, 1.807) is 20.8 Å². The second-order valence-electron chi connectivity index (χ2n) is 4.05. The van der Waals surface area contributed by atoms with Crippen LogP contribution in [0.2, 0.25) is 0 Å². The molecule has 5 heteroatoms. The summed E-state index contributed by atoms with van der Waals surface area (Å²) in [7, 11) is 0. The molecule has 0 saturated heterocycles. The number of esters is 1. The van der Waals surface area contributed by atoms with Crippen molar-refractivity contribution >= 4 is 5.97 Å². The number of hydrogen-bond donors (Lipinski definition) is 3. The van der Waals surface area contributed by atoms with Crippen LogP contribution in [0.4, 0.5) is 0 Å². The van der Waals surface area contributed by atoms with Crippen LogP contribution >= 0.6 is 0 Å². The molecular formula is C12H27NO4. The van der Waals surface area contributed by atoms with Crippen LogP contribution in [0.25, 0.3) is 0 Å². The minimum absolute atomic E-state index is 0.160. The van der Waals surface area contributed by atoms with Gasteiger partial charge < -0.3 is 20.3 Å². The highest BCUT2D eigenvalue weighted by Crippen LogP contribution is 2.03. The Bertz CT molecular complexity index is 183. The molecule has 0 fully saturated rings. The van der Waals surface area contributed by atoms with Crippen LogP contribution in [0.1, 0.15) is 34.6 Å². The summed E-state index contributed by atoms with van der Waals surface area (Å²) in [6, 6.07) is -0.329. The van der Waals surface area contributed by atoms with Crippen LogP contribution in [0.5, 0.6) is 0 Å². The maximum atomic E-state index is 11.4. The lowest BCUT2D eigenvalue weighted by molar-refractivity contribution is -0.146. The molecule has 0 aromatic heterocycles. The number of carbonyl (C=O) groups is 1. The molecule has 0 aliphatic rings. The third-order valence-corrected chi connectivity index (χ3v) is 1.84. The van der Waals surface area contributed by atoms with Crippen molar-refractivity contribution in [1.82, 2.24) is 5.32 Å². The Balaban J connectivity index is 0. The molecule has 3 N–H and O–H groups in total. The van der Waals surface area contributed by atoms with Gasteiger partial charge in [-0.1, -0.05) is 13.8 Å². The first-order valence-corrected chi connectivity index (χ1v) is 6.09. The monoisotopic (exact) mass is 249 g/mol. The Kier molecular flexibility index (Phi) is 13.0. The van der Waals surface area contributed by atoms with Crippen molar-refractivity contribution in [2.45, 2.75) is 46.8 Å². The molecule has 0 aromatic carbocycles. The van der Waals surface area contributed by atoms with Crippen molar-refractivity contribution in [1.29, 1.82) is 0 Å². The number of aliphatic hydroxyl groups is 2. The Morgan fingerprint density at radius 3 is 2.06 bits per heavy atom. The maximum absolute atomic E-state index is 11.4. The van der Waals surface area contributed by atoms with Gasteiger partial charge in [-0.05, 0) is 26.7 Å². The lowest BCUT2D eigenvalue weighted by Gasteiger charge is -2.21. The quantitative estimate of drug-likeness (QED) is 0.599. The summed E-state index contributed by atoms with van der Waals surface area (Å²) in [5.74, 6) is -0.0871. The van der Waals surface area contributed by atoms with E-state index in [4.69, 9.17) is 14.9 Å². The van der Waals surface area contributed by atoms with Gasteiger partial charge in [0.05, 0.1) is 12.7 Å². The smallest absolute Gasteiger partial charge is 0.323 e. The van der Waals surface area contributed by atoms with E-state index in [1.165, 1.54) is 0 Å². The maximum Gasteiger partial charge on any atom is 0.323 e. The van der Waals surface area contributed by atoms with Crippen molar-refractivity contribution in [3.63, 3.8) is 0 Å². The molecule has 104 valence electrons. The largest absolute Gasteiger partial charge is 0.465 e. The molecule has 0 heterocycles. The van der Waals surface area contributed by atoms with Crippen molar-refractivity contribution in [2.24, 2.45) is 5.92 Å². The Morgan fingerprint density at radius 2 is 1.76 bits per heavy atom. The van der Waals surface area contributed by atoms with E-state index < -0.39 is 6.10 Å². The molecule has 0 rings (SSSR count). The SMILES string of the molecule is CCO.CCOC(=O)C(NCC(C)O)C(C)C. The van der Waals surface area contributed by atoms with Gasteiger partial charge in [-0.25, -0.2) is 0 Å². The number of nitrogens with one attached hydrogen (secondary N) is 1. The normalized spacial score (nSPS) is 13.6. The Morgan fingerprint density at radius 1 is 1.29 bits per heavy atom. The molecule has 0 amide bonds. The zero-order valence-electron chi connectivity index (χ0n) is 11.6. The highest BCUT2D eigenvalue weighted by atomic mass is 16.5. The molecule has 0 spiro atoms. The Labute approximate surface area is 104 Å². The number of hydrogen-bond acceptors (Lipinski definition) is 5. The van der Waals surface area contributed by atoms with E-state index in [0.29, 0.717) is 13.2 Å². The summed E-state index contributed by atoms with van der Waals surface area (Å²) < 4.78 is 4.91. The number of carbonyl (C=O) groups excluding carboxylic acids is 1. The molecule has 0 aromatic rings. The molecule has 2 atom stereocenters. The van der Waals surface area contributed by atoms with Crippen LogP contribution in [-0.2, 0) is 9.53 Å². The van der Waals surface area contributed by atoms with Crippen LogP contribution < -0.4 is 5.32 Å². The second-order valence-corrected chi connectivity index (χ2v) is 4.05. The summed E-state index contributed by atoms with van der Waals surface area (Å²) in [5, 5.41) is 19.6. The molecule has 5 nitrogen and oxygen atoms in total. The lowest BCUT2D eigenvalue weighted by atomic mass is 10.0. The van der Waals surface area contributed by atoms with Gasteiger partial charge in [-0.2, -0.15) is 0 Å². The summed E-state index contributed by atoms with van der Waals surface area (Å²) >= 11 is 0. The zero-order chi connectivity index (χ0) is 13.8. The van der Waals surface area contributed by atoms with Gasteiger partial charge in [0.1, 0.15) is 6.04 Å². The van der Waals surface area contributed by atoms with Crippen LogP contribution in [0.3, 0.4) is 0 Å². The van der Waals surface area contributed by atoms with Crippen molar-refractivity contribution in [3.05, 3.63) is 0 Å². The third-order valence-electron chi connectivity index (χ3n) is 1.84. The van der Waals surface area contributed by atoms with Gasteiger partial charge in [0, 0.05) is 13.2 Å². The fourth-order valence-electron chi connectivity index (χ4n) is 1.12. The average molecular weight is 249 g/mol. The van der Waals surface area contributed by atoms with Crippen molar-refractivity contribution in [2.75, 3.05) is 19.8 Å². The van der Waals surface area contributed by atoms with Gasteiger partial charge in [0.25, 0.3) is 0 Å². The van der Waals surface area contributed by atoms with Crippen molar-refractivity contribution in [3.8, 4) is 0 Å².